The van der Waals surface area contributed by atoms with Gasteiger partial charge >= 0.3 is 0 Å². The number of nitrogens with two attached hydrogens (primary N) is 1. The molecule has 1 atom stereocenters. The standard InChI is InChI=1S/C25H24BrFN6O2/c1-14(34)25(35)32-10-8-15(9-11-32)22-21(26)23(28)33-24(31-22)18(13-30-33)16-6-7-20(29-12-16)17-4-2-3-5-19(17)27/h2-7,12-15,34H,8-11,28H2,1H3. The van der Waals surface area contributed by atoms with Gasteiger partial charge in [0.2, 0.25) is 0 Å². The number of hydrogen-bond acceptors (Lipinski definition) is 6. The Morgan fingerprint density at radius 3 is 2.57 bits per heavy atom. The minimum absolute atomic E-state index is 0.0963. The van der Waals surface area contributed by atoms with Gasteiger partial charge in [-0.3, -0.25) is 9.78 Å². The molecule has 1 unspecified atom stereocenters. The predicted octanol–water partition coefficient (Wildman–Crippen LogP) is 4.03. The van der Waals surface area contributed by atoms with Crippen LogP contribution in [0.15, 0.2) is 53.3 Å². The fraction of sp³-hybridized carbons (Fsp3) is 0.280. The normalized spacial score (nSPS) is 15.5. The van der Waals surface area contributed by atoms with Crippen LogP contribution in [-0.4, -0.2) is 54.7 Å². The minimum atomic E-state index is -1.00. The van der Waals surface area contributed by atoms with Crippen molar-refractivity contribution in [1.29, 1.82) is 0 Å². The highest BCUT2D eigenvalue weighted by molar-refractivity contribution is 9.10. The van der Waals surface area contributed by atoms with Gasteiger partial charge in [0, 0.05) is 41.9 Å². The summed E-state index contributed by atoms with van der Waals surface area (Å²) in [6.45, 7) is 2.57. The Morgan fingerprint density at radius 1 is 1.17 bits per heavy atom. The molecule has 0 radical (unpaired) electrons. The lowest BCUT2D eigenvalue weighted by molar-refractivity contribution is -0.140. The summed E-state index contributed by atoms with van der Waals surface area (Å²) in [5.74, 6) is -0.0441. The molecule has 10 heteroatoms. The zero-order chi connectivity index (χ0) is 24.7. The Labute approximate surface area is 209 Å². The number of carbonyl (C=O) groups is 1. The lowest BCUT2D eigenvalue weighted by atomic mass is 9.93. The van der Waals surface area contributed by atoms with Gasteiger partial charge in [-0.05, 0) is 53.9 Å². The Morgan fingerprint density at radius 2 is 1.91 bits per heavy atom. The maximum Gasteiger partial charge on any atom is 0.251 e. The number of fused-ring (bicyclic) bond motifs is 1. The molecule has 3 aromatic heterocycles. The molecule has 1 aromatic carbocycles. The predicted molar refractivity (Wildman–Crippen MR) is 134 cm³/mol. The van der Waals surface area contributed by atoms with E-state index in [4.69, 9.17) is 10.7 Å². The maximum absolute atomic E-state index is 14.2. The van der Waals surface area contributed by atoms with Crippen molar-refractivity contribution in [2.75, 3.05) is 18.8 Å². The largest absolute Gasteiger partial charge is 0.384 e. The van der Waals surface area contributed by atoms with E-state index in [1.54, 1.807) is 46.1 Å². The summed E-state index contributed by atoms with van der Waals surface area (Å²) in [4.78, 5) is 23.2. The number of nitrogens with zero attached hydrogens (tertiary/aromatic N) is 5. The molecule has 8 nitrogen and oxygen atoms in total. The summed E-state index contributed by atoms with van der Waals surface area (Å²) < 4.78 is 16.4. The topological polar surface area (TPSA) is 110 Å². The summed E-state index contributed by atoms with van der Waals surface area (Å²) in [7, 11) is 0. The number of aliphatic hydroxyl groups excluding tert-OH is 1. The molecule has 1 aliphatic rings. The average Bonchev–Trinajstić information content (AvgIpc) is 3.30. The highest BCUT2D eigenvalue weighted by Crippen LogP contribution is 2.37. The number of nitrogen functional groups attached to an aromatic ring is 1. The van der Waals surface area contributed by atoms with Crippen LogP contribution >= 0.6 is 15.9 Å². The molecule has 3 N–H and O–H groups in total. The van der Waals surface area contributed by atoms with Crippen LogP contribution < -0.4 is 5.73 Å². The first-order chi connectivity index (χ1) is 16.8. The summed E-state index contributed by atoms with van der Waals surface area (Å²) >= 11 is 3.60. The van der Waals surface area contributed by atoms with Crippen molar-refractivity contribution in [2.45, 2.75) is 31.8 Å². The number of halogens is 2. The van der Waals surface area contributed by atoms with E-state index < -0.39 is 6.10 Å². The molecular weight excluding hydrogens is 515 g/mol. The number of aromatic nitrogens is 4. The van der Waals surface area contributed by atoms with E-state index in [1.165, 1.54) is 13.0 Å². The second-order valence-electron chi connectivity index (χ2n) is 8.68. The van der Waals surface area contributed by atoms with Crippen molar-refractivity contribution < 1.29 is 14.3 Å². The Kier molecular flexibility index (Phi) is 6.24. The van der Waals surface area contributed by atoms with Crippen molar-refractivity contribution >= 4 is 33.3 Å². The van der Waals surface area contributed by atoms with Crippen molar-refractivity contribution in [2.24, 2.45) is 0 Å². The third-order valence-electron chi connectivity index (χ3n) is 6.42. The van der Waals surface area contributed by atoms with Gasteiger partial charge in [0.1, 0.15) is 17.7 Å². The Balaban J connectivity index is 1.47. The summed E-state index contributed by atoms with van der Waals surface area (Å²) in [6.07, 6.45) is 3.79. The van der Waals surface area contributed by atoms with E-state index in [0.29, 0.717) is 53.1 Å². The lowest BCUT2D eigenvalue weighted by Crippen LogP contribution is -2.42. The fourth-order valence-corrected chi connectivity index (χ4v) is 5.09. The van der Waals surface area contributed by atoms with Gasteiger partial charge in [-0.15, -0.1) is 0 Å². The van der Waals surface area contributed by atoms with E-state index in [1.807, 2.05) is 6.07 Å². The molecule has 5 rings (SSSR count). The average molecular weight is 539 g/mol. The van der Waals surface area contributed by atoms with Gasteiger partial charge in [0.15, 0.2) is 5.65 Å². The Bertz CT molecular complexity index is 1400. The Hall–Kier alpha value is -3.37. The van der Waals surface area contributed by atoms with E-state index in [9.17, 15) is 14.3 Å². The number of carbonyl (C=O) groups excluding carboxylic acids is 1. The van der Waals surface area contributed by atoms with E-state index in [0.717, 1.165) is 16.8 Å². The van der Waals surface area contributed by atoms with Gasteiger partial charge in [-0.25, -0.2) is 9.37 Å². The van der Waals surface area contributed by atoms with Crippen LogP contribution in [0.4, 0.5) is 10.2 Å². The second kappa shape index (κ2) is 9.35. The highest BCUT2D eigenvalue weighted by atomic mass is 79.9. The zero-order valence-electron chi connectivity index (χ0n) is 19.0. The third kappa shape index (κ3) is 4.28. The molecule has 4 heterocycles. The number of anilines is 1. The van der Waals surface area contributed by atoms with E-state index in [2.05, 4.69) is 26.0 Å². The zero-order valence-corrected chi connectivity index (χ0v) is 20.6. The van der Waals surface area contributed by atoms with Crippen LogP contribution in [-0.2, 0) is 4.79 Å². The van der Waals surface area contributed by atoms with Crippen LogP contribution in [0.25, 0.3) is 28.0 Å². The molecule has 0 aliphatic carbocycles. The quantitative estimate of drug-likeness (QED) is 0.406. The first kappa shape index (κ1) is 23.4. The number of likely N-dealkylation sites (tertiary alicyclic amines) is 1. The first-order valence-corrected chi connectivity index (χ1v) is 12.1. The fourth-order valence-electron chi connectivity index (χ4n) is 4.51. The molecule has 0 saturated carbocycles. The van der Waals surface area contributed by atoms with E-state index in [-0.39, 0.29) is 17.6 Å². The smallest absolute Gasteiger partial charge is 0.251 e. The number of rotatable bonds is 4. The number of amides is 1. The number of benzene rings is 1. The monoisotopic (exact) mass is 538 g/mol. The van der Waals surface area contributed by atoms with Crippen molar-refractivity contribution in [3.8, 4) is 22.4 Å². The molecule has 0 spiro atoms. The number of pyridine rings is 1. The van der Waals surface area contributed by atoms with E-state index >= 15 is 0 Å². The SMILES string of the molecule is CC(O)C(=O)N1CCC(c2nc3c(-c4ccc(-c5ccccc5F)nc4)cnn3c(N)c2Br)CC1. The maximum atomic E-state index is 14.2. The second-order valence-corrected chi connectivity index (χ2v) is 9.47. The summed E-state index contributed by atoms with van der Waals surface area (Å²) in [6, 6.07) is 10.2. The van der Waals surface area contributed by atoms with Crippen LogP contribution in [0.1, 0.15) is 31.4 Å². The third-order valence-corrected chi connectivity index (χ3v) is 7.24. The number of hydrogen-bond donors (Lipinski definition) is 2. The highest BCUT2D eigenvalue weighted by Gasteiger charge is 2.29. The molecule has 180 valence electrons. The molecule has 35 heavy (non-hydrogen) atoms. The van der Waals surface area contributed by atoms with Gasteiger partial charge < -0.3 is 15.7 Å². The molecule has 1 amide bonds. The van der Waals surface area contributed by atoms with Crippen molar-refractivity contribution in [1.82, 2.24) is 24.5 Å². The number of aliphatic hydroxyl groups is 1. The molecular formula is C25H24BrFN6O2. The summed E-state index contributed by atoms with van der Waals surface area (Å²) in [5.41, 5.74) is 10.4. The molecule has 1 aliphatic heterocycles. The van der Waals surface area contributed by atoms with Crippen LogP contribution in [0.3, 0.4) is 0 Å². The van der Waals surface area contributed by atoms with Gasteiger partial charge in [0.05, 0.1) is 22.1 Å². The molecule has 4 aromatic rings. The minimum Gasteiger partial charge on any atom is -0.384 e. The van der Waals surface area contributed by atoms with Gasteiger partial charge in [-0.2, -0.15) is 9.61 Å². The molecule has 1 saturated heterocycles. The lowest BCUT2D eigenvalue weighted by Gasteiger charge is -2.33. The van der Waals surface area contributed by atoms with Crippen LogP contribution in [0, 0.1) is 5.82 Å². The van der Waals surface area contributed by atoms with Crippen LogP contribution in [0.2, 0.25) is 0 Å². The van der Waals surface area contributed by atoms with Gasteiger partial charge in [0.25, 0.3) is 5.91 Å². The molecule has 0 bridgehead atoms. The van der Waals surface area contributed by atoms with Gasteiger partial charge in [-0.1, -0.05) is 18.2 Å². The summed E-state index contributed by atoms with van der Waals surface area (Å²) in [5, 5.41) is 14.0. The number of piperidine rings is 1. The first-order valence-electron chi connectivity index (χ1n) is 11.4. The van der Waals surface area contributed by atoms with Crippen LogP contribution in [0.5, 0.6) is 0 Å². The van der Waals surface area contributed by atoms with Crippen molar-refractivity contribution in [3.05, 3.63) is 64.8 Å². The molecule has 1 fully saturated rings. The van der Waals surface area contributed by atoms with Crippen molar-refractivity contribution in [3.63, 3.8) is 0 Å².